The summed E-state index contributed by atoms with van der Waals surface area (Å²) in [6.07, 6.45) is 4.08. The van der Waals surface area contributed by atoms with Gasteiger partial charge in [-0.15, -0.1) is 11.3 Å². The van der Waals surface area contributed by atoms with E-state index in [1.54, 1.807) is 31.3 Å². The van der Waals surface area contributed by atoms with E-state index in [4.69, 9.17) is 4.74 Å². The molecule has 1 aliphatic rings. The average molecular weight is 329 g/mol. The van der Waals surface area contributed by atoms with Gasteiger partial charge < -0.3 is 9.64 Å². The number of hydrogen-bond acceptors (Lipinski definition) is 4. The summed E-state index contributed by atoms with van der Waals surface area (Å²) >= 11 is 1.39. The lowest BCUT2D eigenvalue weighted by Crippen LogP contribution is -2.28. The topological polar surface area (TPSA) is 46.6 Å². The molecule has 0 atom stereocenters. The summed E-state index contributed by atoms with van der Waals surface area (Å²) in [5, 5.41) is 1.86. The van der Waals surface area contributed by atoms with Crippen LogP contribution >= 0.6 is 11.3 Å². The third kappa shape index (κ3) is 3.45. The van der Waals surface area contributed by atoms with Crippen LogP contribution in [-0.2, 0) is 4.74 Å². The van der Waals surface area contributed by atoms with Crippen molar-refractivity contribution in [1.29, 1.82) is 0 Å². The van der Waals surface area contributed by atoms with Crippen molar-refractivity contribution in [2.45, 2.75) is 31.8 Å². The molecule has 1 saturated carbocycles. The number of carbonyl (C=O) groups is 2. The average Bonchev–Trinajstić information content (AvgIpc) is 3.27. The molecule has 0 aliphatic heterocycles. The Morgan fingerprint density at radius 2 is 1.87 bits per heavy atom. The molecule has 2 aromatic rings. The standard InChI is InChI=1S/C18H19NO3S/c1-19(17(20)16-11-6-12-23-16)15-10-5-4-9-14(15)18(21)22-13-7-2-3-8-13/h4-6,9-13H,2-3,7-8H2,1H3. The highest BCUT2D eigenvalue weighted by atomic mass is 32.1. The number of ether oxygens (including phenoxy) is 1. The molecule has 1 aromatic heterocycles. The van der Waals surface area contributed by atoms with Crippen LogP contribution in [0, 0.1) is 0 Å². The number of amides is 1. The molecule has 5 heteroatoms. The molecule has 1 aromatic carbocycles. The minimum absolute atomic E-state index is 0.00820. The molecule has 0 radical (unpaired) electrons. The lowest BCUT2D eigenvalue weighted by atomic mass is 10.1. The fourth-order valence-corrected chi connectivity index (χ4v) is 3.53. The minimum Gasteiger partial charge on any atom is -0.459 e. The third-order valence-corrected chi connectivity index (χ3v) is 4.96. The van der Waals surface area contributed by atoms with Gasteiger partial charge in [0.1, 0.15) is 6.10 Å². The fraction of sp³-hybridized carbons (Fsp3) is 0.333. The van der Waals surface area contributed by atoms with Gasteiger partial charge in [0.15, 0.2) is 0 Å². The van der Waals surface area contributed by atoms with E-state index in [1.807, 2.05) is 17.5 Å². The largest absolute Gasteiger partial charge is 0.459 e. The molecule has 1 aliphatic carbocycles. The van der Waals surface area contributed by atoms with Gasteiger partial charge >= 0.3 is 5.97 Å². The van der Waals surface area contributed by atoms with E-state index < -0.39 is 0 Å². The van der Waals surface area contributed by atoms with E-state index in [0.717, 1.165) is 25.7 Å². The monoisotopic (exact) mass is 329 g/mol. The van der Waals surface area contributed by atoms with Gasteiger partial charge in [-0.25, -0.2) is 4.79 Å². The van der Waals surface area contributed by atoms with Crippen LogP contribution in [0.2, 0.25) is 0 Å². The molecule has 120 valence electrons. The van der Waals surface area contributed by atoms with E-state index >= 15 is 0 Å². The maximum atomic E-state index is 12.5. The normalized spacial score (nSPS) is 14.7. The third-order valence-electron chi connectivity index (χ3n) is 4.10. The van der Waals surface area contributed by atoms with Crippen LogP contribution < -0.4 is 4.90 Å². The second kappa shape index (κ2) is 6.96. The van der Waals surface area contributed by atoms with Gasteiger partial charge in [-0.2, -0.15) is 0 Å². The van der Waals surface area contributed by atoms with Crippen molar-refractivity contribution in [3.05, 3.63) is 52.2 Å². The summed E-state index contributed by atoms with van der Waals surface area (Å²) in [5.74, 6) is -0.473. The number of rotatable bonds is 4. The van der Waals surface area contributed by atoms with Crippen LogP contribution in [0.25, 0.3) is 0 Å². The number of carbonyl (C=O) groups excluding carboxylic acids is 2. The maximum absolute atomic E-state index is 12.5. The molecule has 0 saturated heterocycles. The number of anilines is 1. The first-order valence-electron chi connectivity index (χ1n) is 7.78. The Kier molecular flexibility index (Phi) is 4.76. The molecule has 1 amide bonds. The van der Waals surface area contributed by atoms with Crippen molar-refractivity contribution in [3.63, 3.8) is 0 Å². The summed E-state index contributed by atoms with van der Waals surface area (Å²) in [4.78, 5) is 27.1. The first-order valence-corrected chi connectivity index (χ1v) is 8.66. The highest BCUT2D eigenvalue weighted by Crippen LogP contribution is 2.26. The number of para-hydroxylation sites is 1. The fourth-order valence-electron chi connectivity index (χ4n) is 2.83. The minimum atomic E-state index is -0.349. The molecule has 4 nitrogen and oxygen atoms in total. The lowest BCUT2D eigenvalue weighted by Gasteiger charge is -2.20. The Hall–Kier alpha value is -2.14. The Bertz CT molecular complexity index is 690. The first-order chi connectivity index (χ1) is 11.2. The summed E-state index contributed by atoms with van der Waals surface area (Å²) in [6, 6.07) is 10.7. The molecule has 0 spiro atoms. The number of hydrogen-bond donors (Lipinski definition) is 0. The van der Waals surface area contributed by atoms with Gasteiger partial charge in [0.25, 0.3) is 5.91 Å². The predicted molar refractivity (Wildman–Crippen MR) is 91.2 cm³/mol. The van der Waals surface area contributed by atoms with E-state index in [1.165, 1.54) is 16.2 Å². The van der Waals surface area contributed by atoms with Crippen LogP contribution in [0.3, 0.4) is 0 Å². The van der Waals surface area contributed by atoms with Crippen LogP contribution in [0.4, 0.5) is 5.69 Å². The highest BCUT2D eigenvalue weighted by Gasteiger charge is 2.24. The Morgan fingerprint density at radius 1 is 1.13 bits per heavy atom. The van der Waals surface area contributed by atoms with E-state index in [-0.39, 0.29) is 18.0 Å². The van der Waals surface area contributed by atoms with E-state index in [0.29, 0.717) is 16.1 Å². The van der Waals surface area contributed by atoms with Crippen molar-refractivity contribution in [2.75, 3.05) is 11.9 Å². The maximum Gasteiger partial charge on any atom is 0.340 e. The zero-order valence-corrected chi connectivity index (χ0v) is 13.8. The van der Waals surface area contributed by atoms with E-state index in [9.17, 15) is 9.59 Å². The zero-order chi connectivity index (χ0) is 16.2. The number of esters is 1. The van der Waals surface area contributed by atoms with Crippen molar-refractivity contribution in [1.82, 2.24) is 0 Å². The Labute approximate surface area is 139 Å². The molecule has 1 fully saturated rings. The summed E-state index contributed by atoms with van der Waals surface area (Å²) in [5.41, 5.74) is 1.01. The zero-order valence-electron chi connectivity index (χ0n) is 13.0. The van der Waals surface area contributed by atoms with Gasteiger partial charge in [0, 0.05) is 7.05 Å². The van der Waals surface area contributed by atoms with Crippen molar-refractivity contribution < 1.29 is 14.3 Å². The van der Waals surface area contributed by atoms with Gasteiger partial charge in [-0.1, -0.05) is 18.2 Å². The Morgan fingerprint density at radius 3 is 2.57 bits per heavy atom. The van der Waals surface area contributed by atoms with Crippen molar-refractivity contribution >= 4 is 28.9 Å². The van der Waals surface area contributed by atoms with E-state index in [2.05, 4.69) is 0 Å². The van der Waals surface area contributed by atoms with Crippen LogP contribution in [0.15, 0.2) is 41.8 Å². The molecule has 23 heavy (non-hydrogen) atoms. The predicted octanol–water partition coefficient (Wildman–Crippen LogP) is 4.12. The number of benzene rings is 1. The lowest BCUT2D eigenvalue weighted by molar-refractivity contribution is 0.0319. The molecule has 1 heterocycles. The summed E-state index contributed by atoms with van der Waals surface area (Å²) in [6.45, 7) is 0. The van der Waals surface area contributed by atoms with Gasteiger partial charge in [0.2, 0.25) is 0 Å². The van der Waals surface area contributed by atoms with Gasteiger partial charge in [-0.05, 0) is 49.3 Å². The smallest absolute Gasteiger partial charge is 0.340 e. The summed E-state index contributed by atoms with van der Waals surface area (Å²) < 4.78 is 5.58. The van der Waals surface area contributed by atoms with Crippen molar-refractivity contribution in [2.24, 2.45) is 0 Å². The molecule has 0 N–H and O–H groups in total. The molecule has 3 rings (SSSR count). The SMILES string of the molecule is CN(C(=O)c1cccs1)c1ccccc1C(=O)OC1CCCC1. The van der Waals surface area contributed by atoms with Gasteiger partial charge in [0.05, 0.1) is 16.1 Å². The van der Waals surface area contributed by atoms with Crippen LogP contribution in [0.1, 0.15) is 45.7 Å². The number of nitrogens with zero attached hydrogens (tertiary/aromatic N) is 1. The van der Waals surface area contributed by atoms with Crippen LogP contribution in [-0.4, -0.2) is 25.0 Å². The molecular formula is C18H19NO3S. The second-order valence-electron chi connectivity index (χ2n) is 5.67. The van der Waals surface area contributed by atoms with Crippen LogP contribution in [0.5, 0.6) is 0 Å². The quantitative estimate of drug-likeness (QED) is 0.793. The molecule has 0 bridgehead atoms. The van der Waals surface area contributed by atoms with Crippen molar-refractivity contribution in [3.8, 4) is 0 Å². The highest BCUT2D eigenvalue weighted by molar-refractivity contribution is 7.12. The summed E-state index contributed by atoms with van der Waals surface area (Å²) in [7, 11) is 1.68. The Balaban J connectivity index is 1.82. The second-order valence-corrected chi connectivity index (χ2v) is 6.62. The molecule has 0 unspecified atom stereocenters. The first kappa shape index (κ1) is 15.7. The number of thiophene rings is 1. The van der Waals surface area contributed by atoms with Gasteiger partial charge in [-0.3, -0.25) is 4.79 Å². The molecular weight excluding hydrogens is 310 g/mol.